The summed E-state index contributed by atoms with van der Waals surface area (Å²) in [4.78, 5) is 0. The summed E-state index contributed by atoms with van der Waals surface area (Å²) in [5, 5.41) is 4.96. The molecule has 2 fully saturated rings. The van der Waals surface area contributed by atoms with Gasteiger partial charge < -0.3 is 9.47 Å². The summed E-state index contributed by atoms with van der Waals surface area (Å²) in [6, 6.07) is 0. The predicted octanol–water partition coefficient (Wildman–Crippen LogP) is -0.387. The van der Waals surface area contributed by atoms with Gasteiger partial charge in [-0.15, -0.1) is 0 Å². The van der Waals surface area contributed by atoms with Gasteiger partial charge in [-0.05, 0) is 12.8 Å². The molecule has 5 nitrogen and oxygen atoms in total. The van der Waals surface area contributed by atoms with E-state index in [0.29, 0.717) is 13.2 Å². The van der Waals surface area contributed by atoms with E-state index in [0.717, 1.165) is 19.3 Å². The molecular weight excluding hydrogens is 206 g/mol. The predicted molar refractivity (Wildman–Crippen MR) is 50.2 cm³/mol. The summed E-state index contributed by atoms with van der Waals surface area (Å²) in [5.74, 6) is -0.0747. The lowest BCUT2D eigenvalue weighted by molar-refractivity contribution is -0.0363. The van der Waals surface area contributed by atoms with Crippen LogP contribution in [0.25, 0.3) is 0 Å². The van der Waals surface area contributed by atoms with E-state index in [1.165, 1.54) is 0 Å². The Kier molecular flexibility index (Phi) is 2.55. The highest BCUT2D eigenvalue weighted by molar-refractivity contribution is 7.89. The van der Waals surface area contributed by atoms with E-state index in [2.05, 4.69) is 0 Å². The summed E-state index contributed by atoms with van der Waals surface area (Å²) in [5.41, 5.74) is -0.213. The Morgan fingerprint density at radius 1 is 1.43 bits per heavy atom. The first kappa shape index (κ1) is 10.4. The highest BCUT2D eigenvalue weighted by Gasteiger charge is 2.43. The summed E-state index contributed by atoms with van der Waals surface area (Å²) < 4.78 is 32.7. The molecule has 0 aromatic carbocycles. The second-order valence-corrected chi connectivity index (χ2v) is 5.75. The summed E-state index contributed by atoms with van der Waals surface area (Å²) in [6.45, 7) is 1.30. The molecule has 0 bridgehead atoms. The Morgan fingerprint density at radius 3 is 2.79 bits per heavy atom. The molecule has 0 aromatic heterocycles. The van der Waals surface area contributed by atoms with Crippen molar-refractivity contribution < 1.29 is 17.9 Å². The van der Waals surface area contributed by atoms with Gasteiger partial charge in [0, 0.05) is 13.0 Å². The van der Waals surface area contributed by atoms with Crippen molar-refractivity contribution in [2.45, 2.75) is 31.0 Å². The molecule has 0 radical (unpaired) electrons. The molecule has 2 N–H and O–H groups in total. The van der Waals surface area contributed by atoms with Crippen LogP contribution >= 0.6 is 0 Å². The number of sulfonamides is 1. The van der Waals surface area contributed by atoms with Crippen LogP contribution in [0, 0.1) is 0 Å². The van der Waals surface area contributed by atoms with Crippen molar-refractivity contribution >= 4 is 10.0 Å². The van der Waals surface area contributed by atoms with Crippen LogP contribution in [0.1, 0.15) is 19.3 Å². The second kappa shape index (κ2) is 3.44. The first-order valence-electron chi connectivity index (χ1n) is 4.75. The Balaban J connectivity index is 1.94. The zero-order chi connectivity index (χ0) is 10.2. The molecule has 2 aliphatic rings. The molecule has 2 aliphatic heterocycles. The normalized spacial score (nSPS) is 38.2. The van der Waals surface area contributed by atoms with Crippen LogP contribution in [0.4, 0.5) is 0 Å². The smallest absolute Gasteiger partial charge is 0.211 e. The van der Waals surface area contributed by atoms with E-state index in [1.807, 2.05) is 0 Å². The zero-order valence-corrected chi connectivity index (χ0v) is 8.76. The maximum absolute atomic E-state index is 10.9. The maximum Gasteiger partial charge on any atom is 0.211 e. The third-order valence-corrected chi connectivity index (χ3v) is 3.66. The van der Waals surface area contributed by atoms with Crippen LogP contribution in [0.3, 0.4) is 0 Å². The Bertz CT molecular complexity index is 307. The minimum absolute atomic E-state index is 0.0747. The van der Waals surface area contributed by atoms with Gasteiger partial charge in [-0.25, -0.2) is 13.6 Å². The van der Waals surface area contributed by atoms with Crippen LogP contribution in [0.5, 0.6) is 0 Å². The third kappa shape index (κ3) is 2.25. The van der Waals surface area contributed by atoms with Gasteiger partial charge >= 0.3 is 0 Å². The number of primary sulfonamides is 1. The van der Waals surface area contributed by atoms with Gasteiger partial charge in [-0.3, -0.25) is 0 Å². The van der Waals surface area contributed by atoms with E-state index in [4.69, 9.17) is 14.6 Å². The third-order valence-electron chi connectivity index (χ3n) is 2.82. The van der Waals surface area contributed by atoms with Crippen LogP contribution in [0.2, 0.25) is 0 Å². The van der Waals surface area contributed by atoms with Crippen molar-refractivity contribution in [3.63, 3.8) is 0 Å². The monoisotopic (exact) mass is 221 g/mol. The van der Waals surface area contributed by atoms with E-state index in [9.17, 15) is 8.42 Å². The van der Waals surface area contributed by atoms with Gasteiger partial charge in [0.15, 0.2) is 0 Å². The fourth-order valence-corrected chi connectivity index (χ4v) is 2.90. The van der Waals surface area contributed by atoms with Crippen LogP contribution in [-0.4, -0.2) is 39.1 Å². The first-order chi connectivity index (χ1) is 6.49. The van der Waals surface area contributed by atoms with E-state index >= 15 is 0 Å². The van der Waals surface area contributed by atoms with Crippen LogP contribution in [0.15, 0.2) is 0 Å². The second-order valence-electron chi connectivity index (χ2n) is 4.09. The molecule has 2 unspecified atom stereocenters. The molecule has 2 atom stereocenters. The lowest BCUT2D eigenvalue weighted by Gasteiger charge is -2.21. The maximum atomic E-state index is 10.9. The Hall–Kier alpha value is -0.170. The number of hydrogen-bond acceptors (Lipinski definition) is 4. The van der Waals surface area contributed by atoms with Crippen LogP contribution < -0.4 is 5.14 Å². The van der Waals surface area contributed by atoms with E-state index in [1.54, 1.807) is 0 Å². The number of nitrogens with two attached hydrogens (primary N) is 1. The number of hydrogen-bond donors (Lipinski definition) is 1. The average molecular weight is 221 g/mol. The van der Waals surface area contributed by atoms with Crippen molar-refractivity contribution in [3.05, 3.63) is 0 Å². The van der Waals surface area contributed by atoms with Crippen LogP contribution in [-0.2, 0) is 19.5 Å². The molecule has 82 valence electrons. The molecule has 0 saturated carbocycles. The fraction of sp³-hybridized carbons (Fsp3) is 1.00. The van der Waals surface area contributed by atoms with Crippen molar-refractivity contribution in [2.75, 3.05) is 19.0 Å². The highest BCUT2D eigenvalue weighted by Crippen LogP contribution is 2.37. The minimum atomic E-state index is -3.42. The molecule has 1 spiro atoms. The van der Waals surface area contributed by atoms with Crippen molar-refractivity contribution in [1.29, 1.82) is 0 Å². The number of rotatable bonds is 2. The molecule has 6 heteroatoms. The standard InChI is InChI=1S/C8H15NO4S/c9-14(10,11)5-7-1-2-8(13-7)3-4-12-6-8/h7H,1-6H2,(H2,9,10,11). The van der Waals surface area contributed by atoms with Crippen molar-refractivity contribution in [2.24, 2.45) is 5.14 Å². The molecule has 14 heavy (non-hydrogen) atoms. The molecule has 0 aromatic rings. The van der Waals surface area contributed by atoms with Gasteiger partial charge in [0.05, 0.1) is 24.1 Å². The quantitative estimate of drug-likeness (QED) is 0.689. The molecule has 2 rings (SSSR count). The first-order valence-corrected chi connectivity index (χ1v) is 6.47. The van der Waals surface area contributed by atoms with Gasteiger partial charge in [0.2, 0.25) is 10.0 Å². The number of ether oxygens (including phenoxy) is 2. The van der Waals surface area contributed by atoms with Gasteiger partial charge in [-0.1, -0.05) is 0 Å². The topological polar surface area (TPSA) is 78.6 Å². The lowest BCUT2D eigenvalue weighted by Crippen LogP contribution is -2.32. The fourth-order valence-electron chi connectivity index (χ4n) is 2.15. The van der Waals surface area contributed by atoms with Gasteiger partial charge in [0.1, 0.15) is 0 Å². The zero-order valence-electron chi connectivity index (χ0n) is 7.94. The lowest BCUT2D eigenvalue weighted by atomic mass is 9.99. The summed E-state index contributed by atoms with van der Waals surface area (Å²) >= 11 is 0. The summed E-state index contributed by atoms with van der Waals surface area (Å²) in [6.07, 6.45) is 2.27. The molecule has 0 amide bonds. The average Bonchev–Trinajstić information content (AvgIpc) is 2.60. The van der Waals surface area contributed by atoms with E-state index in [-0.39, 0.29) is 17.5 Å². The molecule has 2 saturated heterocycles. The molecule has 2 heterocycles. The SMILES string of the molecule is NS(=O)(=O)CC1CCC2(CCOC2)O1. The highest BCUT2D eigenvalue weighted by atomic mass is 32.2. The summed E-state index contributed by atoms with van der Waals surface area (Å²) in [7, 11) is -3.42. The Morgan fingerprint density at radius 2 is 2.21 bits per heavy atom. The molecule has 0 aliphatic carbocycles. The largest absolute Gasteiger partial charge is 0.378 e. The van der Waals surface area contributed by atoms with Gasteiger partial charge in [-0.2, -0.15) is 0 Å². The van der Waals surface area contributed by atoms with E-state index < -0.39 is 10.0 Å². The minimum Gasteiger partial charge on any atom is -0.378 e. The van der Waals surface area contributed by atoms with Crippen molar-refractivity contribution in [1.82, 2.24) is 0 Å². The van der Waals surface area contributed by atoms with Crippen molar-refractivity contribution in [3.8, 4) is 0 Å². The Labute approximate surface area is 83.6 Å². The molecular formula is C8H15NO4S. The van der Waals surface area contributed by atoms with Gasteiger partial charge in [0.25, 0.3) is 0 Å².